The van der Waals surface area contributed by atoms with Crippen LogP contribution in [0.2, 0.25) is 0 Å². The normalized spacial score (nSPS) is 15.5. The highest BCUT2D eigenvalue weighted by molar-refractivity contribution is 5.58. The number of rotatable bonds is 4. The fourth-order valence-corrected chi connectivity index (χ4v) is 3.03. The zero-order valence-corrected chi connectivity index (χ0v) is 14.3. The number of hydrogen-bond donors (Lipinski definition) is 0. The molecule has 25 heavy (non-hydrogen) atoms. The summed E-state index contributed by atoms with van der Waals surface area (Å²) in [4.78, 5) is 22.4. The first-order chi connectivity index (χ1) is 12.3. The Morgan fingerprint density at radius 3 is 2.60 bits per heavy atom. The zero-order chi connectivity index (χ0) is 17.1. The molecule has 7 heteroatoms. The van der Waals surface area contributed by atoms with Crippen molar-refractivity contribution in [2.75, 3.05) is 31.1 Å². The van der Waals surface area contributed by atoms with Crippen molar-refractivity contribution in [1.82, 2.24) is 29.4 Å². The summed E-state index contributed by atoms with van der Waals surface area (Å²) >= 11 is 0. The van der Waals surface area contributed by atoms with E-state index in [9.17, 15) is 0 Å². The van der Waals surface area contributed by atoms with Crippen LogP contribution in [0.25, 0.3) is 11.3 Å². The molecule has 1 fully saturated rings. The van der Waals surface area contributed by atoms with E-state index in [-0.39, 0.29) is 0 Å². The SMILES string of the molecule is Cn1ccnc1CN1CCN(c2nccc(-c3cccnc3)n2)CC1. The maximum atomic E-state index is 4.72. The number of nitrogens with zero attached hydrogens (tertiary/aromatic N) is 7. The highest BCUT2D eigenvalue weighted by Crippen LogP contribution is 2.19. The van der Waals surface area contributed by atoms with Gasteiger partial charge in [-0.05, 0) is 18.2 Å². The van der Waals surface area contributed by atoms with Gasteiger partial charge < -0.3 is 9.47 Å². The molecule has 1 aliphatic rings. The van der Waals surface area contributed by atoms with E-state index in [1.807, 2.05) is 50.0 Å². The topological polar surface area (TPSA) is 63.0 Å². The summed E-state index contributed by atoms with van der Waals surface area (Å²) in [6.45, 7) is 4.68. The van der Waals surface area contributed by atoms with Crippen molar-refractivity contribution < 1.29 is 0 Å². The van der Waals surface area contributed by atoms with Crippen molar-refractivity contribution in [2.45, 2.75) is 6.54 Å². The van der Waals surface area contributed by atoms with E-state index in [1.54, 1.807) is 6.20 Å². The van der Waals surface area contributed by atoms with E-state index < -0.39 is 0 Å². The lowest BCUT2D eigenvalue weighted by Crippen LogP contribution is -2.46. The van der Waals surface area contributed by atoms with Crippen LogP contribution in [0.1, 0.15) is 5.82 Å². The summed E-state index contributed by atoms with van der Waals surface area (Å²) < 4.78 is 2.08. The van der Waals surface area contributed by atoms with Crippen LogP contribution >= 0.6 is 0 Å². The van der Waals surface area contributed by atoms with Gasteiger partial charge in [0, 0.05) is 69.8 Å². The first-order valence-corrected chi connectivity index (χ1v) is 8.46. The van der Waals surface area contributed by atoms with Gasteiger partial charge in [0.2, 0.25) is 5.95 Å². The van der Waals surface area contributed by atoms with Crippen LogP contribution in [-0.4, -0.2) is 55.6 Å². The molecular formula is C18H21N7. The third-order valence-electron chi connectivity index (χ3n) is 4.54. The van der Waals surface area contributed by atoms with Gasteiger partial charge in [0.15, 0.2) is 0 Å². The van der Waals surface area contributed by atoms with Crippen LogP contribution in [0, 0.1) is 0 Å². The van der Waals surface area contributed by atoms with E-state index in [0.29, 0.717) is 0 Å². The number of aryl methyl sites for hydroxylation is 1. The lowest BCUT2D eigenvalue weighted by atomic mass is 10.2. The summed E-state index contributed by atoms with van der Waals surface area (Å²) in [5.74, 6) is 1.89. The van der Waals surface area contributed by atoms with Gasteiger partial charge in [-0.25, -0.2) is 15.0 Å². The minimum absolute atomic E-state index is 0.790. The number of anilines is 1. The van der Waals surface area contributed by atoms with Crippen LogP contribution < -0.4 is 4.90 Å². The van der Waals surface area contributed by atoms with Crippen molar-refractivity contribution in [3.63, 3.8) is 0 Å². The fraction of sp³-hybridized carbons (Fsp3) is 0.333. The van der Waals surface area contributed by atoms with Gasteiger partial charge in [-0.3, -0.25) is 9.88 Å². The maximum absolute atomic E-state index is 4.72. The Bertz CT molecular complexity index is 822. The van der Waals surface area contributed by atoms with E-state index >= 15 is 0 Å². The van der Waals surface area contributed by atoms with Crippen molar-refractivity contribution in [2.24, 2.45) is 7.05 Å². The highest BCUT2D eigenvalue weighted by Gasteiger charge is 2.20. The predicted molar refractivity (Wildman–Crippen MR) is 96.0 cm³/mol. The van der Waals surface area contributed by atoms with Gasteiger partial charge in [-0.2, -0.15) is 0 Å². The molecule has 3 aromatic rings. The third-order valence-corrected chi connectivity index (χ3v) is 4.54. The van der Waals surface area contributed by atoms with Crippen molar-refractivity contribution in [3.8, 4) is 11.3 Å². The molecule has 0 amide bonds. The molecule has 0 aromatic carbocycles. The minimum Gasteiger partial charge on any atom is -0.338 e. The van der Waals surface area contributed by atoms with Gasteiger partial charge in [0.1, 0.15) is 5.82 Å². The predicted octanol–water partition coefficient (Wildman–Crippen LogP) is 1.59. The van der Waals surface area contributed by atoms with Crippen LogP contribution in [0.3, 0.4) is 0 Å². The zero-order valence-electron chi connectivity index (χ0n) is 14.3. The molecule has 4 heterocycles. The molecule has 7 nitrogen and oxygen atoms in total. The Morgan fingerprint density at radius 1 is 1.00 bits per heavy atom. The minimum atomic E-state index is 0.790. The Labute approximate surface area is 147 Å². The molecule has 0 atom stereocenters. The summed E-state index contributed by atoms with van der Waals surface area (Å²) in [7, 11) is 2.04. The Kier molecular flexibility index (Phi) is 4.39. The maximum Gasteiger partial charge on any atom is 0.225 e. The Morgan fingerprint density at radius 2 is 1.88 bits per heavy atom. The third kappa shape index (κ3) is 3.51. The van der Waals surface area contributed by atoms with E-state index in [1.165, 1.54) is 0 Å². The second-order valence-electron chi connectivity index (χ2n) is 6.20. The molecule has 0 spiro atoms. The van der Waals surface area contributed by atoms with Gasteiger partial charge in [0.25, 0.3) is 0 Å². The fourth-order valence-electron chi connectivity index (χ4n) is 3.03. The molecule has 4 rings (SSSR count). The number of pyridine rings is 1. The second kappa shape index (κ2) is 6.98. The average molecular weight is 335 g/mol. The largest absolute Gasteiger partial charge is 0.338 e. The molecule has 0 saturated carbocycles. The summed E-state index contributed by atoms with van der Waals surface area (Å²) in [6, 6.07) is 5.87. The molecule has 0 aliphatic carbocycles. The molecule has 1 aliphatic heterocycles. The monoisotopic (exact) mass is 335 g/mol. The summed E-state index contributed by atoms with van der Waals surface area (Å²) in [6.07, 6.45) is 9.26. The average Bonchev–Trinajstić information content (AvgIpc) is 3.08. The number of hydrogen-bond acceptors (Lipinski definition) is 6. The van der Waals surface area contributed by atoms with Crippen molar-refractivity contribution in [1.29, 1.82) is 0 Å². The molecule has 128 valence electrons. The van der Waals surface area contributed by atoms with Gasteiger partial charge in [-0.15, -0.1) is 0 Å². The molecule has 0 N–H and O–H groups in total. The van der Waals surface area contributed by atoms with Crippen LogP contribution in [0.4, 0.5) is 5.95 Å². The van der Waals surface area contributed by atoms with Crippen molar-refractivity contribution >= 4 is 5.95 Å². The lowest BCUT2D eigenvalue weighted by Gasteiger charge is -2.34. The first-order valence-electron chi connectivity index (χ1n) is 8.46. The molecular weight excluding hydrogens is 314 g/mol. The molecule has 0 bridgehead atoms. The Balaban J connectivity index is 1.42. The van der Waals surface area contributed by atoms with Crippen LogP contribution in [0.5, 0.6) is 0 Å². The van der Waals surface area contributed by atoms with Crippen LogP contribution in [0.15, 0.2) is 49.2 Å². The van der Waals surface area contributed by atoms with E-state index in [4.69, 9.17) is 4.98 Å². The summed E-state index contributed by atoms with van der Waals surface area (Å²) in [5, 5.41) is 0. The quantitative estimate of drug-likeness (QED) is 0.722. The smallest absolute Gasteiger partial charge is 0.225 e. The lowest BCUT2D eigenvalue weighted by molar-refractivity contribution is 0.241. The number of piperazine rings is 1. The molecule has 0 radical (unpaired) electrons. The van der Waals surface area contributed by atoms with Gasteiger partial charge >= 0.3 is 0 Å². The second-order valence-corrected chi connectivity index (χ2v) is 6.20. The van der Waals surface area contributed by atoms with Crippen LogP contribution in [-0.2, 0) is 13.6 Å². The van der Waals surface area contributed by atoms with E-state index in [0.717, 1.165) is 55.8 Å². The molecule has 3 aromatic heterocycles. The van der Waals surface area contributed by atoms with Crippen molar-refractivity contribution in [3.05, 3.63) is 55.0 Å². The Hall–Kier alpha value is -2.80. The molecule has 1 saturated heterocycles. The number of imidazole rings is 1. The number of aromatic nitrogens is 5. The first kappa shape index (κ1) is 15.7. The highest BCUT2D eigenvalue weighted by atomic mass is 15.3. The van der Waals surface area contributed by atoms with Gasteiger partial charge in [-0.1, -0.05) is 0 Å². The standard InChI is InChI=1S/C18H21N7/c1-23-8-7-20-17(23)14-24-9-11-25(12-10-24)18-21-6-4-16(22-18)15-3-2-5-19-13-15/h2-8,13H,9-12,14H2,1H3. The van der Waals surface area contributed by atoms with E-state index in [2.05, 4.69) is 29.3 Å². The molecule has 0 unspecified atom stereocenters. The van der Waals surface area contributed by atoms with Gasteiger partial charge in [0.05, 0.1) is 12.2 Å². The summed E-state index contributed by atoms with van der Waals surface area (Å²) in [5.41, 5.74) is 1.92.